The van der Waals surface area contributed by atoms with Gasteiger partial charge in [-0.15, -0.1) is 0 Å². The van der Waals surface area contributed by atoms with Gasteiger partial charge >= 0.3 is 0 Å². The Morgan fingerprint density at radius 1 is 1.33 bits per heavy atom. The predicted octanol–water partition coefficient (Wildman–Crippen LogP) is 1.87. The van der Waals surface area contributed by atoms with E-state index in [0.717, 1.165) is 18.9 Å². The summed E-state index contributed by atoms with van der Waals surface area (Å²) in [6.07, 6.45) is 3.26. The second-order valence-electron chi connectivity index (χ2n) is 5.90. The molecule has 0 saturated heterocycles. The summed E-state index contributed by atoms with van der Waals surface area (Å²) in [7, 11) is 0. The molecule has 0 aromatic heterocycles. The van der Waals surface area contributed by atoms with Crippen LogP contribution in [0.25, 0.3) is 0 Å². The Bertz CT molecular complexity index is 563. The molecule has 1 aromatic carbocycles. The van der Waals surface area contributed by atoms with E-state index in [1.54, 1.807) is 0 Å². The Balaban J connectivity index is 1.70. The molecule has 2 saturated carbocycles. The first-order valence-electron chi connectivity index (χ1n) is 7.18. The Kier molecular flexibility index (Phi) is 3.57. The third kappa shape index (κ3) is 2.85. The first kappa shape index (κ1) is 14.3. The standard InChI is InChI=1S/C15H18F2N2O2/c16-11-2-1-3-12(13(11)17)21-10-6-7-15(8-10,14(18)20)19-9-4-5-9/h1-3,9-10,19H,4-8H2,(H2,18,20). The van der Waals surface area contributed by atoms with E-state index in [1.165, 1.54) is 12.1 Å². The number of carbonyl (C=O) groups is 1. The van der Waals surface area contributed by atoms with Crippen molar-refractivity contribution in [3.63, 3.8) is 0 Å². The van der Waals surface area contributed by atoms with Gasteiger partial charge < -0.3 is 15.8 Å². The molecule has 3 rings (SSSR count). The van der Waals surface area contributed by atoms with E-state index in [4.69, 9.17) is 10.5 Å². The van der Waals surface area contributed by atoms with Crippen LogP contribution in [0.3, 0.4) is 0 Å². The van der Waals surface area contributed by atoms with E-state index in [1.807, 2.05) is 0 Å². The Labute approximate surface area is 121 Å². The molecule has 2 unspecified atom stereocenters. The summed E-state index contributed by atoms with van der Waals surface area (Å²) in [4.78, 5) is 11.8. The van der Waals surface area contributed by atoms with Crippen molar-refractivity contribution in [3.8, 4) is 5.75 Å². The lowest BCUT2D eigenvalue weighted by Gasteiger charge is -2.27. The first-order chi connectivity index (χ1) is 10.00. The molecule has 0 heterocycles. The first-order valence-corrected chi connectivity index (χ1v) is 7.18. The van der Waals surface area contributed by atoms with Crippen molar-refractivity contribution in [2.75, 3.05) is 0 Å². The van der Waals surface area contributed by atoms with Crippen LogP contribution in [0.2, 0.25) is 0 Å². The second kappa shape index (κ2) is 5.26. The van der Waals surface area contributed by atoms with Gasteiger partial charge in [-0.3, -0.25) is 4.79 Å². The summed E-state index contributed by atoms with van der Waals surface area (Å²) < 4.78 is 32.3. The zero-order valence-corrected chi connectivity index (χ0v) is 11.6. The van der Waals surface area contributed by atoms with Gasteiger partial charge in [-0.2, -0.15) is 4.39 Å². The zero-order chi connectivity index (χ0) is 15.0. The number of carbonyl (C=O) groups excluding carboxylic acids is 1. The van der Waals surface area contributed by atoms with Gasteiger partial charge in [-0.1, -0.05) is 6.07 Å². The number of halogens is 2. The highest BCUT2D eigenvalue weighted by atomic mass is 19.2. The summed E-state index contributed by atoms with van der Waals surface area (Å²) in [5.74, 6) is -2.46. The van der Waals surface area contributed by atoms with Crippen LogP contribution in [0.15, 0.2) is 18.2 Å². The topological polar surface area (TPSA) is 64.4 Å². The SMILES string of the molecule is NC(=O)C1(NC2CC2)CCC(Oc2cccc(F)c2F)C1. The average Bonchev–Trinajstić information content (AvgIpc) is 3.15. The van der Waals surface area contributed by atoms with E-state index in [9.17, 15) is 13.6 Å². The molecule has 1 amide bonds. The molecule has 2 aliphatic carbocycles. The number of benzene rings is 1. The maximum Gasteiger partial charge on any atom is 0.237 e. The van der Waals surface area contributed by atoms with E-state index < -0.39 is 23.1 Å². The number of rotatable bonds is 5. The maximum absolute atomic E-state index is 13.6. The van der Waals surface area contributed by atoms with Crippen LogP contribution in [0, 0.1) is 11.6 Å². The van der Waals surface area contributed by atoms with Crippen molar-refractivity contribution in [1.82, 2.24) is 5.32 Å². The van der Waals surface area contributed by atoms with Gasteiger partial charge in [0.2, 0.25) is 11.7 Å². The Hall–Kier alpha value is -1.69. The minimum Gasteiger partial charge on any atom is -0.487 e. The van der Waals surface area contributed by atoms with Crippen LogP contribution in [-0.2, 0) is 4.79 Å². The van der Waals surface area contributed by atoms with Gasteiger partial charge in [0.25, 0.3) is 0 Å². The third-order valence-corrected chi connectivity index (χ3v) is 4.21. The lowest BCUT2D eigenvalue weighted by Crippen LogP contribution is -2.55. The molecule has 0 radical (unpaired) electrons. The molecule has 4 nitrogen and oxygen atoms in total. The van der Waals surface area contributed by atoms with Gasteiger partial charge in [0.15, 0.2) is 11.6 Å². The van der Waals surface area contributed by atoms with E-state index in [-0.39, 0.29) is 11.9 Å². The fraction of sp³-hybridized carbons (Fsp3) is 0.533. The minimum absolute atomic E-state index is 0.119. The highest BCUT2D eigenvalue weighted by Crippen LogP contribution is 2.36. The molecule has 2 atom stereocenters. The normalized spacial score (nSPS) is 28.6. The van der Waals surface area contributed by atoms with Gasteiger partial charge in [0, 0.05) is 12.5 Å². The van der Waals surface area contributed by atoms with Crippen LogP contribution in [0.1, 0.15) is 32.1 Å². The van der Waals surface area contributed by atoms with Crippen molar-refractivity contribution in [1.29, 1.82) is 0 Å². The fourth-order valence-corrected chi connectivity index (χ4v) is 2.90. The van der Waals surface area contributed by atoms with Crippen LogP contribution in [0.4, 0.5) is 8.78 Å². The van der Waals surface area contributed by atoms with Crippen molar-refractivity contribution in [2.24, 2.45) is 5.73 Å². The van der Waals surface area contributed by atoms with Gasteiger partial charge in [0.1, 0.15) is 11.6 Å². The predicted molar refractivity (Wildman–Crippen MR) is 72.7 cm³/mol. The molecular formula is C15H18F2N2O2. The zero-order valence-electron chi connectivity index (χ0n) is 11.6. The lowest BCUT2D eigenvalue weighted by molar-refractivity contribution is -0.124. The molecular weight excluding hydrogens is 278 g/mol. The highest BCUT2D eigenvalue weighted by molar-refractivity contribution is 5.85. The van der Waals surface area contributed by atoms with Crippen molar-refractivity contribution in [3.05, 3.63) is 29.8 Å². The molecule has 21 heavy (non-hydrogen) atoms. The summed E-state index contributed by atoms with van der Waals surface area (Å²) in [5.41, 5.74) is 4.75. The van der Waals surface area contributed by atoms with Crippen molar-refractivity contribution in [2.45, 2.75) is 49.8 Å². The summed E-state index contributed by atoms with van der Waals surface area (Å²) in [6.45, 7) is 0. The monoisotopic (exact) mass is 296 g/mol. The molecule has 2 aliphatic rings. The molecule has 0 bridgehead atoms. The fourth-order valence-electron chi connectivity index (χ4n) is 2.90. The molecule has 1 aromatic rings. The molecule has 0 aliphatic heterocycles. The van der Waals surface area contributed by atoms with Crippen LogP contribution in [0.5, 0.6) is 5.75 Å². The Morgan fingerprint density at radius 2 is 2.10 bits per heavy atom. The summed E-state index contributed by atoms with van der Waals surface area (Å²) in [5, 5.41) is 3.29. The number of hydrogen-bond donors (Lipinski definition) is 2. The molecule has 0 spiro atoms. The molecule has 6 heteroatoms. The lowest BCUT2D eigenvalue weighted by atomic mass is 9.96. The summed E-state index contributed by atoms with van der Waals surface area (Å²) in [6, 6.07) is 4.16. The number of nitrogens with two attached hydrogens (primary N) is 1. The van der Waals surface area contributed by atoms with Gasteiger partial charge in [-0.05, 0) is 37.8 Å². The van der Waals surface area contributed by atoms with Crippen molar-refractivity contribution >= 4 is 5.91 Å². The molecule has 114 valence electrons. The van der Waals surface area contributed by atoms with Gasteiger partial charge in [-0.25, -0.2) is 4.39 Å². The smallest absolute Gasteiger partial charge is 0.237 e. The van der Waals surface area contributed by atoms with Crippen LogP contribution >= 0.6 is 0 Å². The Morgan fingerprint density at radius 3 is 2.76 bits per heavy atom. The van der Waals surface area contributed by atoms with Crippen LogP contribution in [-0.4, -0.2) is 23.6 Å². The van der Waals surface area contributed by atoms with Gasteiger partial charge in [0.05, 0.1) is 0 Å². The van der Waals surface area contributed by atoms with E-state index in [2.05, 4.69) is 5.32 Å². The summed E-state index contributed by atoms with van der Waals surface area (Å²) >= 11 is 0. The number of ether oxygens (including phenoxy) is 1. The van der Waals surface area contributed by atoms with Crippen LogP contribution < -0.4 is 15.8 Å². The van der Waals surface area contributed by atoms with Crippen molar-refractivity contribution < 1.29 is 18.3 Å². The largest absolute Gasteiger partial charge is 0.487 e. The highest BCUT2D eigenvalue weighted by Gasteiger charge is 2.47. The third-order valence-electron chi connectivity index (χ3n) is 4.21. The second-order valence-corrected chi connectivity index (χ2v) is 5.90. The average molecular weight is 296 g/mol. The number of hydrogen-bond acceptors (Lipinski definition) is 3. The number of nitrogens with one attached hydrogen (secondary N) is 1. The molecule has 2 fully saturated rings. The number of amides is 1. The van der Waals surface area contributed by atoms with E-state index in [0.29, 0.717) is 25.3 Å². The maximum atomic E-state index is 13.6. The molecule has 3 N–H and O–H groups in total. The van der Waals surface area contributed by atoms with E-state index >= 15 is 0 Å². The quantitative estimate of drug-likeness (QED) is 0.872. The number of primary amides is 1. The minimum atomic E-state index is -0.996.